The smallest absolute Gasteiger partial charge is 0.165 e. The molecule has 0 radical (unpaired) electrons. The zero-order valence-corrected chi connectivity index (χ0v) is 11.9. The normalized spacial score (nSPS) is 29.9. The van der Waals surface area contributed by atoms with Crippen LogP contribution in [0.3, 0.4) is 0 Å². The first-order valence-electron chi connectivity index (χ1n) is 5.49. The van der Waals surface area contributed by atoms with E-state index in [1.54, 1.807) is 0 Å². The lowest BCUT2D eigenvalue weighted by atomic mass is 9.63. The molecule has 0 N–H and O–H groups in total. The largest absolute Gasteiger partial charge is 0.294 e. The van der Waals surface area contributed by atoms with Gasteiger partial charge in [-0.3, -0.25) is 4.79 Å². The summed E-state index contributed by atoms with van der Waals surface area (Å²) >= 11 is 3.37. The van der Waals surface area contributed by atoms with E-state index in [1.807, 2.05) is 26.8 Å². The zero-order valence-electron chi connectivity index (χ0n) is 10.3. The maximum Gasteiger partial charge on any atom is 0.165 e. The molecule has 0 amide bonds. The number of allylic oxidation sites excluding steroid dienone is 4. The highest BCUT2D eigenvalue weighted by atomic mass is 79.9. The predicted molar refractivity (Wildman–Crippen MR) is 72.5 cm³/mol. The summed E-state index contributed by atoms with van der Waals surface area (Å²) in [7, 11) is 0. The van der Waals surface area contributed by atoms with Gasteiger partial charge in [0.25, 0.3) is 0 Å². The van der Waals surface area contributed by atoms with Crippen molar-refractivity contribution in [3.05, 3.63) is 34.9 Å². The van der Waals surface area contributed by atoms with Crippen molar-refractivity contribution in [2.24, 2.45) is 11.3 Å². The van der Waals surface area contributed by atoms with Crippen LogP contribution in [0.2, 0.25) is 0 Å². The van der Waals surface area contributed by atoms with Crippen molar-refractivity contribution in [1.82, 2.24) is 0 Å². The van der Waals surface area contributed by atoms with Gasteiger partial charge in [-0.1, -0.05) is 47.7 Å². The SMILES string of the molecule is C=C(Br)C[C@]1(C)C(=O)C(C)=CC[C@H]1C(=C)C. The fourth-order valence-electron chi connectivity index (χ4n) is 2.60. The summed E-state index contributed by atoms with van der Waals surface area (Å²) in [6.45, 7) is 13.8. The molecule has 1 aliphatic carbocycles. The van der Waals surface area contributed by atoms with Crippen molar-refractivity contribution in [3.8, 4) is 0 Å². The second-order valence-corrected chi connectivity index (χ2v) is 6.08. The second-order valence-electron chi connectivity index (χ2n) is 4.96. The summed E-state index contributed by atoms with van der Waals surface area (Å²) in [5.41, 5.74) is 1.56. The second kappa shape index (κ2) is 4.70. The van der Waals surface area contributed by atoms with E-state index in [9.17, 15) is 4.79 Å². The lowest BCUT2D eigenvalue weighted by Crippen LogP contribution is -2.39. The quantitative estimate of drug-likeness (QED) is 0.701. The molecule has 2 atom stereocenters. The third-order valence-electron chi connectivity index (χ3n) is 3.46. The molecule has 0 aromatic heterocycles. The first-order chi connectivity index (χ1) is 7.29. The highest BCUT2D eigenvalue weighted by Gasteiger charge is 2.43. The first kappa shape index (κ1) is 13.4. The Morgan fingerprint density at radius 2 is 2.19 bits per heavy atom. The van der Waals surface area contributed by atoms with E-state index >= 15 is 0 Å². The van der Waals surface area contributed by atoms with Gasteiger partial charge in [-0.15, -0.1) is 0 Å². The highest BCUT2D eigenvalue weighted by molar-refractivity contribution is 9.11. The van der Waals surface area contributed by atoms with E-state index in [1.165, 1.54) is 0 Å². The molecule has 0 bridgehead atoms. The van der Waals surface area contributed by atoms with Crippen LogP contribution in [0.25, 0.3) is 0 Å². The van der Waals surface area contributed by atoms with Gasteiger partial charge in [0, 0.05) is 5.41 Å². The Bertz CT molecular complexity index is 378. The van der Waals surface area contributed by atoms with E-state index in [0.717, 1.165) is 22.0 Å². The molecule has 0 unspecified atom stereocenters. The molecule has 0 heterocycles. The Labute approximate surface area is 106 Å². The molecule has 0 aromatic carbocycles. The molecule has 0 saturated carbocycles. The Hall–Kier alpha value is -0.630. The van der Waals surface area contributed by atoms with Gasteiger partial charge in [-0.25, -0.2) is 0 Å². The zero-order chi connectivity index (χ0) is 12.5. The van der Waals surface area contributed by atoms with Crippen molar-refractivity contribution in [2.45, 2.75) is 33.6 Å². The number of halogens is 1. The Kier molecular flexibility index (Phi) is 3.95. The van der Waals surface area contributed by atoms with Crippen LogP contribution in [-0.2, 0) is 4.79 Å². The summed E-state index contributed by atoms with van der Waals surface area (Å²) in [6, 6.07) is 0. The van der Waals surface area contributed by atoms with Crippen LogP contribution in [0.4, 0.5) is 0 Å². The topological polar surface area (TPSA) is 17.1 Å². The summed E-state index contributed by atoms with van der Waals surface area (Å²) in [5.74, 6) is 0.449. The molecule has 0 fully saturated rings. The third kappa shape index (κ3) is 2.37. The van der Waals surface area contributed by atoms with Crippen molar-refractivity contribution in [3.63, 3.8) is 0 Å². The minimum Gasteiger partial charge on any atom is -0.294 e. The number of Topliss-reactive ketones (excluding diaryl/α,β-unsaturated/α-hetero) is 1. The summed E-state index contributed by atoms with van der Waals surface area (Å²) in [4.78, 5) is 12.3. The minimum atomic E-state index is -0.384. The van der Waals surface area contributed by atoms with Gasteiger partial charge < -0.3 is 0 Å². The number of rotatable bonds is 3. The van der Waals surface area contributed by atoms with Gasteiger partial charge >= 0.3 is 0 Å². The molecule has 0 saturated heterocycles. The maximum atomic E-state index is 12.3. The third-order valence-corrected chi connectivity index (χ3v) is 3.74. The fraction of sp³-hybridized carbons (Fsp3) is 0.500. The van der Waals surface area contributed by atoms with Crippen molar-refractivity contribution in [2.75, 3.05) is 0 Å². The predicted octanol–water partition coefficient (Wildman–Crippen LogP) is 4.40. The van der Waals surface area contributed by atoms with E-state index in [2.05, 4.69) is 29.1 Å². The summed E-state index contributed by atoms with van der Waals surface area (Å²) in [6.07, 6.45) is 3.61. The number of ketones is 1. The molecule has 2 heteroatoms. The molecule has 88 valence electrons. The number of carbonyl (C=O) groups is 1. The Morgan fingerprint density at radius 1 is 1.62 bits per heavy atom. The van der Waals surface area contributed by atoms with E-state index in [0.29, 0.717) is 6.42 Å². The van der Waals surface area contributed by atoms with Gasteiger partial charge in [-0.05, 0) is 42.7 Å². The fourth-order valence-corrected chi connectivity index (χ4v) is 3.19. The van der Waals surface area contributed by atoms with Gasteiger partial charge in [0.15, 0.2) is 5.78 Å². The van der Waals surface area contributed by atoms with E-state index in [4.69, 9.17) is 0 Å². The average molecular weight is 283 g/mol. The molecule has 1 aliphatic rings. The molecule has 0 aliphatic heterocycles. The standard InChI is InChI=1S/C14H19BrO/c1-9(2)12-7-6-10(3)13(16)14(12,5)8-11(4)15/h6,12H,1,4,7-8H2,2-3,5H3/t12-,14-/m0/s1. The van der Waals surface area contributed by atoms with Gasteiger partial charge in [0.1, 0.15) is 0 Å². The summed E-state index contributed by atoms with van der Waals surface area (Å²) in [5, 5.41) is 0. The van der Waals surface area contributed by atoms with E-state index < -0.39 is 0 Å². The summed E-state index contributed by atoms with van der Waals surface area (Å²) < 4.78 is 0.879. The molecular formula is C14H19BrO. The minimum absolute atomic E-state index is 0.220. The van der Waals surface area contributed by atoms with Crippen LogP contribution in [0, 0.1) is 11.3 Å². The Balaban J connectivity index is 3.16. The molecule has 0 aromatic rings. The van der Waals surface area contributed by atoms with Crippen molar-refractivity contribution in [1.29, 1.82) is 0 Å². The lowest BCUT2D eigenvalue weighted by molar-refractivity contribution is -0.126. The molecule has 16 heavy (non-hydrogen) atoms. The van der Waals surface area contributed by atoms with Crippen molar-refractivity contribution >= 4 is 21.7 Å². The first-order valence-corrected chi connectivity index (χ1v) is 6.28. The monoisotopic (exact) mass is 282 g/mol. The maximum absolute atomic E-state index is 12.3. The van der Waals surface area contributed by atoms with Crippen LogP contribution in [0.1, 0.15) is 33.6 Å². The molecule has 0 spiro atoms. The number of carbonyl (C=O) groups excluding carboxylic acids is 1. The van der Waals surface area contributed by atoms with Crippen LogP contribution in [0.5, 0.6) is 0 Å². The average Bonchev–Trinajstić information content (AvgIpc) is 2.12. The lowest BCUT2D eigenvalue weighted by Gasteiger charge is -2.39. The number of hydrogen-bond acceptors (Lipinski definition) is 1. The Morgan fingerprint density at radius 3 is 2.62 bits per heavy atom. The molecule has 1 rings (SSSR count). The van der Waals surface area contributed by atoms with E-state index in [-0.39, 0.29) is 17.1 Å². The van der Waals surface area contributed by atoms with Crippen LogP contribution < -0.4 is 0 Å². The van der Waals surface area contributed by atoms with Crippen LogP contribution >= 0.6 is 15.9 Å². The molecule has 1 nitrogen and oxygen atoms in total. The van der Waals surface area contributed by atoms with Gasteiger partial charge in [0.2, 0.25) is 0 Å². The van der Waals surface area contributed by atoms with Crippen LogP contribution in [0.15, 0.2) is 34.9 Å². The van der Waals surface area contributed by atoms with Gasteiger partial charge in [-0.2, -0.15) is 0 Å². The highest BCUT2D eigenvalue weighted by Crippen LogP contribution is 2.46. The number of hydrogen-bond donors (Lipinski definition) is 0. The molecular weight excluding hydrogens is 264 g/mol. The van der Waals surface area contributed by atoms with Gasteiger partial charge in [0.05, 0.1) is 0 Å². The van der Waals surface area contributed by atoms with Crippen LogP contribution in [-0.4, -0.2) is 5.78 Å². The van der Waals surface area contributed by atoms with Crippen molar-refractivity contribution < 1.29 is 4.79 Å².